The van der Waals surface area contributed by atoms with E-state index in [2.05, 4.69) is 11.9 Å². The monoisotopic (exact) mass is 223 g/mol. The average Bonchev–Trinajstić information content (AvgIpc) is 2.28. The molecule has 1 aromatic heterocycles. The first kappa shape index (κ1) is 13.1. The first-order valence-corrected chi connectivity index (χ1v) is 5.90. The summed E-state index contributed by atoms with van der Waals surface area (Å²) in [6, 6.07) is 1.96. The molecule has 1 N–H and O–H groups in total. The summed E-state index contributed by atoms with van der Waals surface area (Å²) in [7, 11) is 0. The Morgan fingerprint density at radius 1 is 1.38 bits per heavy atom. The average molecular weight is 223 g/mol. The third kappa shape index (κ3) is 3.58. The Morgan fingerprint density at radius 3 is 2.69 bits per heavy atom. The van der Waals surface area contributed by atoms with Crippen LogP contribution in [0.4, 0.5) is 0 Å². The van der Waals surface area contributed by atoms with E-state index in [1.165, 1.54) is 0 Å². The van der Waals surface area contributed by atoms with Crippen LogP contribution in [0.2, 0.25) is 0 Å². The molecule has 1 rings (SSSR count). The van der Waals surface area contributed by atoms with Crippen LogP contribution in [0, 0.1) is 6.92 Å². The van der Waals surface area contributed by atoms with E-state index in [0.717, 1.165) is 24.0 Å². The van der Waals surface area contributed by atoms with Gasteiger partial charge in [0.1, 0.15) is 6.10 Å². The fraction of sp³-hybridized carbons (Fsp3) is 0.615. The van der Waals surface area contributed by atoms with Gasteiger partial charge in [-0.1, -0.05) is 19.4 Å². The van der Waals surface area contributed by atoms with E-state index >= 15 is 0 Å². The molecule has 0 aliphatic heterocycles. The van der Waals surface area contributed by atoms with Gasteiger partial charge in [-0.3, -0.25) is 4.98 Å². The van der Waals surface area contributed by atoms with Crippen LogP contribution in [0.1, 0.15) is 43.9 Å². The van der Waals surface area contributed by atoms with Crippen LogP contribution in [0.3, 0.4) is 0 Å². The molecule has 1 aromatic rings. The first-order valence-electron chi connectivity index (χ1n) is 5.90. The van der Waals surface area contributed by atoms with Gasteiger partial charge in [0.25, 0.3) is 0 Å². The normalized spacial score (nSPS) is 14.8. The number of aromatic nitrogens is 1. The molecule has 2 unspecified atom stereocenters. The Morgan fingerprint density at radius 2 is 2.12 bits per heavy atom. The van der Waals surface area contributed by atoms with Crippen molar-refractivity contribution in [2.75, 3.05) is 6.61 Å². The zero-order valence-corrected chi connectivity index (χ0v) is 10.3. The Hall–Kier alpha value is -0.930. The van der Waals surface area contributed by atoms with Crippen molar-refractivity contribution in [3.05, 3.63) is 29.6 Å². The summed E-state index contributed by atoms with van der Waals surface area (Å²) in [6.07, 6.45) is 4.65. The number of aliphatic hydroxyl groups is 1. The van der Waals surface area contributed by atoms with Gasteiger partial charge in [-0.05, 0) is 25.8 Å². The summed E-state index contributed by atoms with van der Waals surface area (Å²) in [4.78, 5) is 4.09. The molecule has 1 heterocycles. The summed E-state index contributed by atoms with van der Waals surface area (Å²) in [6.45, 7) is 6.64. The van der Waals surface area contributed by atoms with Crippen molar-refractivity contribution in [1.29, 1.82) is 0 Å². The molecule has 0 bridgehead atoms. The van der Waals surface area contributed by atoms with Gasteiger partial charge >= 0.3 is 0 Å². The number of rotatable bonds is 6. The molecule has 0 saturated carbocycles. The number of hydrogen-bond donors (Lipinski definition) is 1. The summed E-state index contributed by atoms with van der Waals surface area (Å²) < 4.78 is 5.56. The molecular weight excluding hydrogens is 202 g/mol. The van der Waals surface area contributed by atoms with Gasteiger partial charge in [-0.15, -0.1) is 0 Å². The minimum Gasteiger partial charge on any atom is -0.386 e. The lowest BCUT2D eigenvalue weighted by molar-refractivity contribution is -0.0386. The van der Waals surface area contributed by atoms with Gasteiger partial charge in [0.2, 0.25) is 0 Å². The first-order chi connectivity index (χ1) is 7.69. The van der Waals surface area contributed by atoms with Crippen LogP contribution in [0.25, 0.3) is 0 Å². The van der Waals surface area contributed by atoms with Crippen molar-refractivity contribution in [2.24, 2.45) is 0 Å². The maximum absolute atomic E-state index is 10.2. The fourth-order valence-corrected chi connectivity index (χ4v) is 1.79. The van der Waals surface area contributed by atoms with Gasteiger partial charge in [-0.25, -0.2) is 0 Å². The number of pyridine rings is 1. The standard InChI is InChI=1S/C13H21NO2/c1-4-6-12(16-5-2)13(15)11-7-10(3)8-14-9-11/h7-9,12-13,15H,4-6H2,1-3H3. The van der Waals surface area contributed by atoms with Crippen LogP contribution < -0.4 is 0 Å². The quantitative estimate of drug-likeness (QED) is 0.806. The van der Waals surface area contributed by atoms with E-state index < -0.39 is 6.10 Å². The molecule has 0 saturated heterocycles. The molecule has 0 fully saturated rings. The smallest absolute Gasteiger partial charge is 0.107 e. The highest BCUT2D eigenvalue weighted by atomic mass is 16.5. The van der Waals surface area contributed by atoms with Crippen molar-refractivity contribution in [2.45, 2.75) is 45.8 Å². The van der Waals surface area contributed by atoms with Crippen LogP contribution in [0.15, 0.2) is 18.5 Å². The highest BCUT2D eigenvalue weighted by Crippen LogP contribution is 2.22. The molecule has 16 heavy (non-hydrogen) atoms. The van der Waals surface area contributed by atoms with Crippen molar-refractivity contribution in [1.82, 2.24) is 4.98 Å². The maximum atomic E-state index is 10.2. The number of hydrogen-bond acceptors (Lipinski definition) is 3. The lowest BCUT2D eigenvalue weighted by Crippen LogP contribution is -2.22. The Kier molecular flexibility index (Phi) is 5.43. The molecule has 0 spiro atoms. The van der Waals surface area contributed by atoms with E-state index in [1.807, 2.05) is 19.9 Å². The minimum atomic E-state index is -0.577. The van der Waals surface area contributed by atoms with Gasteiger partial charge in [0, 0.05) is 24.6 Å². The Bertz CT molecular complexity index is 309. The molecule has 0 radical (unpaired) electrons. The second-order valence-electron chi connectivity index (χ2n) is 4.02. The second kappa shape index (κ2) is 6.61. The van der Waals surface area contributed by atoms with Crippen LogP contribution in [0.5, 0.6) is 0 Å². The third-order valence-corrected chi connectivity index (χ3v) is 2.54. The van der Waals surface area contributed by atoms with Gasteiger partial charge in [0.05, 0.1) is 6.10 Å². The summed E-state index contributed by atoms with van der Waals surface area (Å²) >= 11 is 0. The molecular formula is C13H21NO2. The lowest BCUT2D eigenvalue weighted by atomic mass is 10.0. The zero-order valence-electron chi connectivity index (χ0n) is 10.3. The van der Waals surface area contributed by atoms with E-state index in [-0.39, 0.29) is 6.10 Å². The third-order valence-electron chi connectivity index (χ3n) is 2.54. The van der Waals surface area contributed by atoms with Gasteiger partial charge in [0.15, 0.2) is 0 Å². The summed E-state index contributed by atoms with van der Waals surface area (Å²) in [5.41, 5.74) is 1.90. The van der Waals surface area contributed by atoms with Gasteiger partial charge in [-0.2, -0.15) is 0 Å². The van der Waals surface area contributed by atoms with Crippen LogP contribution in [-0.4, -0.2) is 22.8 Å². The molecule has 3 nitrogen and oxygen atoms in total. The SMILES string of the molecule is CCCC(OCC)C(O)c1cncc(C)c1. The number of aliphatic hydroxyl groups excluding tert-OH is 1. The van der Waals surface area contributed by atoms with Crippen molar-refractivity contribution < 1.29 is 9.84 Å². The molecule has 3 heteroatoms. The van der Waals surface area contributed by atoms with E-state index in [9.17, 15) is 5.11 Å². The minimum absolute atomic E-state index is 0.126. The predicted octanol–water partition coefficient (Wildman–Crippen LogP) is 2.63. The zero-order chi connectivity index (χ0) is 12.0. The topological polar surface area (TPSA) is 42.4 Å². The number of aryl methyl sites for hydroxylation is 1. The molecule has 0 aliphatic carbocycles. The molecule has 0 aliphatic rings. The number of ether oxygens (including phenoxy) is 1. The fourth-order valence-electron chi connectivity index (χ4n) is 1.79. The Balaban J connectivity index is 2.76. The van der Waals surface area contributed by atoms with Gasteiger partial charge < -0.3 is 9.84 Å². The second-order valence-corrected chi connectivity index (χ2v) is 4.02. The van der Waals surface area contributed by atoms with Crippen LogP contribution >= 0.6 is 0 Å². The molecule has 0 amide bonds. The Labute approximate surface area is 97.5 Å². The highest BCUT2D eigenvalue weighted by Gasteiger charge is 2.20. The van der Waals surface area contributed by atoms with E-state index in [0.29, 0.717) is 6.61 Å². The highest BCUT2D eigenvalue weighted by molar-refractivity contribution is 5.19. The molecule has 2 atom stereocenters. The number of nitrogens with zero attached hydrogens (tertiary/aromatic N) is 1. The van der Waals surface area contributed by atoms with Crippen LogP contribution in [-0.2, 0) is 4.74 Å². The van der Waals surface area contributed by atoms with E-state index in [1.54, 1.807) is 12.4 Å². The lowest BCUT2D eigenvalue weighted by Gasteiger charge is -2.22. The predicted molar refractivity (Wildman–Crippen MR) is 64.3 cm³/mol. The van der Waals surface area contributed by atoms with E-state index in [4.69, 9.17) is 4.74 Å². The summed E-state index contributed by atoms with van der Waals surface area (Å²) in [5.74, 6) is 0. The van der Waals surface area contributed by atoms with Crippen molar-refractivity contribution in [3.8, 4) is 0 Å². The molecule has 0 aromatic carbocycles. The maximum Gasteiger partial charge on any atom is 0.107 e. The largest absolute Gasteiger partial charge is 0.386 e. The molecule has 90 valence electrons. The summed E-state index contributed by atoms with van der Waals surface area (Å²) in [5, 5.41) is 10.2. The van der Waals surface area contributed by atoms with Crippen molar-refractivity contribution >= 4 is 0 Å². The van der Waals surface area contributed by atoms with Crippen molar-refractivity contribution in [3.63, 3.8) is 0 Å².